The van der Waals surface area contributed by atoms with E-state index in [9.17, 15) is 0 Å². The molecule has 1 unspecified atom stereocenters. The van der Waals surface area contributed by atoms with E-state index in [1.54, 1.807) is 6.33 Å². The minimum atomic E-state index is 0.408. The van der Waals surface area contributed by atoms with E-state index in [0.29, 0.717) is 6.10 Å². The summed E-state index contributed by atoms with van der Waals surface area (Å²) in [5.74, 6) is 1.02. The number of aromatic nitrogens is 2. The van der Waals surface area contributed by atoms with Crippen molar-refractivity contribution in [1.29, 1.82) is 0 Å². The molecule has 1 saturated heterocycles. The van der Waals surface area contributed by atoms with E-state index in [1.165, 1.54) is 64.2 Å². The normalized spacial score (nSPS) is 22.3. The first-order valence-electron chi connectivity index (χ1n) is 7.41. The summed E-state index contributed by atoms with van der Waals surface area (Å²) >= 11 is 3.72. The van der Waals surface area contributed by atoms with Crippen LogP contribution < -0.4 is 0 Å². The van der Waals surface area contributed by atoms with Gasteiger partial charge in [0.15, 0.2) is 0 Å². The monoisotopic (exact) mass is 306 g/mol. The van der Waals surface area contributed by atoms with Gasteiger partial charge in [-0.05, 0) is 44.1 Å². The van der Waals surface area contributed by atoms with Gasteiger partial charge in [0, 0.05) is 22.6 Å². The van der Waals surface area contributed by atoms with Crippen LogP contribution in [0.25, 0.3) is 10.2 Å². The molecule has 106 valence electrons. The molecule has 20 heavy (non-hydrogen) atoms. The van der Waals surface area contributed by atoms with E-state index in [4.69, 9.17) is 4.74 Å². The molecule has 0 N–H and O–H groups in total. The lowest BCUT2D eigenvalue weighted by Crippen LogP contribution is -2.21. The van der Waals surface area contributed by atoms with Crippen molar-refractivity contribution in [2.75, 3.05) is 12.4 Å². The fourth-order valence-corrected chi connectivity index (χ4v) is 5.51. The van der Waals surface area contributed by atoms with Gasteiger partial charge in [0.05, 0.1) is 6.10 Å². The van der Waals surface area contributed by atoms with Crippen LogP contribution in [-0.2, 0) is 17.6 Å². The summed E-state index contributed by atoms with van der Waals surface area (Å²) in [7, 11) is 0. The summed E-state index contributed by atoms with van der Waals surface area (Å²) in [5.41, 5.74) is 1.53. The molecule has 1 aliphatic carbocycles. The quantitative estimate of drug-likeness (QED) is 0.637. The fraction of sp³-hybridized carbons (Fsp3) is 0.600. The molecule has 0 amide bonds. The van der Waals surface area contributed by atoms with Crippen molar-refractivity contribution in [1.82, 2.24) is 9.97 Å². The maximum absolute atomic E-state index is 5.82. The molecule has 4 rings (SSSR count). The Morgan fingerprint density at radius 1 is 1.25 bits per heavy atom. The largest absolute Gasteiger partial charge is 0.377 e. The van der Waals surface area contributed by atoms with Crippen molar-refractivity contribution in [3.63, 3.8) is 0 Å². The molecular formula is C15H18N2OS2. The minimum Gasteiger partial charge on any atom is -0.377 e. The Balaban J connectivity index is 1.59. The lowest BCUT2D eigenvalue weighted by atomic mass is 10.1. The number of hydrogen-bond donors (Lipinski definition) is 0. The zero-order valence-corrected chi connectivity index (χ0v) is 13.1. The molecule has 2 aliphatic rings. The maximum Gasteiger partial charge on any atom is 0.128 e. The van der Waals surface area contributed by atoms with Gasteiger partial charge in [0.2, 0.25) is 0 Å². The average Bonchev–Trinajstić information content (AvgIpc) is 3.06. The van der Waals surface area contributed by atoms with Crippen LogP contribution in [0.4, 0.5) is 0 Å². The third kappa shape index (κ3) is 2.36. The van der Waals surface area contributed by atoms with Gasteiger partial charge in [-0.3, -0.25) is 0 Å². The highest BCUT2D eigenvalue weighted by Crippen LogP contribution is 2.40. The Labute approximate surface area is 127 Å². The van der Waals surface area contributed by atoms with Gasteiger partial charge >= 0.3 is 0 Å². The predicted molar refractivity (Wildman–Crippen MR) is 83.8 cm³/mol. The zero-order chi connectivity index (χ0) is 13.4. The van der Waals surface area contributed by atoms with Crippen molar-refractivity contribution >= 4 is 33.3 Å². The predicted octanol–water partition coefficient (Wildman–Crippen LogP) is 3.84. The highest BCUT2D eigenvalue weighted by atomic mass is 32.2. The van der Waals surface area contributed by atoms with E-state index in [2.05, 4.69) is 9.97 Å². The highest BCUT2D eigenvalue weighted by molar-refractivity contribution is 7.99. The van der Waals surface area contributed by atoms with Gasteiger partial charge in [-0.25, -0.2) is 9.97 Å². The van der Waals surface area contributed by atoms with E-state index in [0.717, 1.165) is 12.4 Å². The molecule has 2 aromatic heterocycles. The summed E-state index contributed by atoms with van der Waals surface area (Å²) in [6.07, 6.45) is 9.57. The number of ether oxygens (including phenoxy) is 1. The van der Waals surface area contributed by atoms with Crippen LogP contribution in [0, 0.1) is 0 Å². The molecular weight excluding hydrogens is 288 g/mol. The van der Waals surface area contributed by atoms with Gasteiger partial charge in [-0.2, -0.15) is 0 Å². The summed E-state index contributed by atoms with van der Waals surface area (Å²) in [6.45, 7) is 0.929. The van der Waals surface area contributed by atoms with Crippen molar-refractivity contribution in [2.45, 2.75) is 49.7 Å². The number of thioether (sulfide) groups is 1. The molecule has 0 radical (unpaired) electrons. The molecule has 3 heterocycles. The van der Waals surface area contributed by atoms with Crippen LogP contribution >= 0.6 is 23.1 Å². The van der Waals surface area contributed by atoms with E-state index in [1.807, 2.05) is 23.1 Å². The molecule has 0 aromatic carbocycles. The molecule has 1 aliphatic heterocycles. The van der Waals surface area contributed by atoms with Crippen molar-refractivity contribution < 1.29 is 4.74 Å². The fourth-order valence-electron chi connectivity index (χ4n) is 3.12. The van der Waals surface area contributed by atoms with E-state index >= 15 is 0 Å². The lowest BCUT2D eigenvalue weighted by Gasteiger charge is -2.21. The SMILES string of the molecule is c1nc(SCC2CCCCO2)c2c3c(sc2n1)CCC3. The Bertz CT molecular complexity index is 620. The van der Waals surface area contributed by atoms with Gasteiger partial charge < -0.3 is 4.74 Å². The summed E-state index contributed by atoms with van der Waals surface area (Å²) in [5, 5.41) is 2.51. The van der Waals surface area contributed by atoms with Crippen LogP contribution in [0.3, 0.4) is 0 Å². The molecule has 2 aromatic rings. The Morgan fingerprint density at radius 2 is 2.25 bits per heavy atom. The first kappa shape index (κ1) is 13.0. The summed E-state index contributed by atoms with van der Waals surface area (Å²) in [4.78, 5) is 11.7. The Hall–Kier alpha value is -0.650. The lowest BCUT2D eigenvalue weighted by molar-refractivity contribution is 0.0315. The third-order valence-corrected chi connectivity index (χ3v) is 6.47. The number of rotatable bonds is 3. The molecule has 1 atom stereocenters. The number of hydrogen-bond acceptors (Lipinski definition) is 5. The highest BCUT2D eigenvalue weighted by Gasteiger charge is 2.22. The smallest absolute Gasteiger partial charge is 0.128 e. The molecule has 3 nitrogen and oxygen atoms in total. The summed E-state index contributed by atoms with van der Waals surface area (Å²) in [6, 6.07) is 0. The maximum atomic E-state index is 5.82. The number of thiophene rings is 1. The van der Waals surface area contributed by atoms with Crippen LogP contribution in [0.2, 0.25) is 0 Å². The second-order valence-electron chi connectivity index (χ2n) is 5.52. The van der Waals surface area contributed by atoms with E-state index < -0.39 is 0 Å². The first-order chi connectivity index (χ1) is 9.92. The number of fused-ring (bicyclic) bond motifs is 3. The Kier molecular flexibility index (Phi) is 3.67. The zero-order valence-electron chi connectivity index (χ0n) is 11.4. The molecule has 5 heteroatoms. The molecule has 0 saturated carbocycles. The summed E-state index contributed by atoms with van der Waals surface area (Å²) < 4.78 is 5.82. The van der Waals surface area contributed by atoms with Gasteiger partial charge in [0.1, 0.15) is 16.2 Å². The van der Waals surface area contributed by atoms with Crippen LogP contribution in [0.15, 0.2) is 11.4 Å². The standard InChI is InChI=1S/C15H18N2OS2/c1-2-7-18-10(4-1)8-19-14-13-11-5-3-6-12(11)20-15(13)17-9-16-14/h9-10H,1-8H2. The topological polar surface area (TPSA) is 35.0 Å². The van der Waals surface area contributed by atoms with Gasteiger partial charge in [0.25, 0.3) is 0 Å². The Morgan fingerprint density at radius 3 is 3.15 bits per heavy atom. The van der Waals surface area contributed by atoms with Crippen LogP contribution in [0.1, 0.15) is 36.1 Å². The minimum absolute atomic E-state index is 0.408. The second-order valence-corrected chi connectivity index (χ2v) is 7.61. The molecule has 1 fully saturated rings. The average molecular weight is 306 g/mol. The third-order valence-electron chi connectivity index (χ3n) is 4.15. The van der Waals surface area contributed by atoms with Crippen molar-refractivity contribution in [3.8, 4) is 0 Å². The van der Waals surface area contributed by atoms with Crippen LogP contribution in [-0.4, -0.2) is 28.4 Å². The number of aryl methyl sites for hydroxylation is 2. The van der Waals surface area contributed by atoms with Crippen molar-refractivity contribution in [3.05, 3.63) is 16.8 Å². The molecule has 0 bridgehead atoms. The van der Waals surface area contributed by atoms with Crippen LogP contribution in [0.5, 0.6) is 0 Å². The van der Waals surface area contributed by atoms with Gasteiger partial charge in [-0.15, -0.1) is 23.1 Å². The van der Waals surface area contributed by atoms with Gasteiger partial charge in [-0.1, -0.05) is 0 Å². The first-order valence-corrected chi connectivity index (χ1v) is 9.21. The number of nitrogens with zero attached hydrogens (tertiary/aromatic N) is 2. The van der Waals surface area contributed by atoms with Crippen molar-refractivity contribution in [2.24, 2.45) is 0 Å². The second kappa shape index (κ2) is 5.62. The van der Waals surface area contributed by atoms with E-state index in [-0.39, 0.29) is 0 Å². The molecule has 0 spiro atoms.